The molecule has 0 bridgehead atoms. The van der Waals surface area contributed by atoms with Crippen molar-refractivity contribution in [2.45, 2.75) is 43.4 Å². The lowest BCUT2D eigenvalue weighted by atomic mass is 9.92. The summed E-state index contributed by atoms with van der Waals surface area (Å²) in [5, 5.41) is 12.1. The van der Waals surface area contributed by atoms with Crippen molar-refractivity contribution in [3.8, 4) is 0 Å². The van der Waals surface area contributed by atoms with Crippen molar-refractivity contribution in [3.63, 3.8) is 0 Å². The molecule has 1 saturated heterocycles. The molecular weight excluding hydrogens is 490 g/mol. The number of hydrogen-bond acceptors (Lipinski definition) is 6. The number of hydrogen-bond donors (Lipinski definition) is 4. The molecule has 37 heavy (non-hydrogen) atoms. The zero-order valence-electron chi connectivity index (χ0n) is 21.5. The van der Waals surface area contributed by atoms with Crippen LogP contribution in [-0.2, 0) is 34.1 Å². The largest absolute Gasteiger partial charge is 0.395 e. The Kier molecular flexibility index (Phi) is 7.83. The van der Waals surface area contributed by atoms with Crippen LogP contribution >= 0.6 is 0 Å². The summed E-state index contributed by atoms with van der Waals surface area (Å²) in [5.41, 5.74) is 6.67. The lowest BCUT2D eigenvalue weighted by Crippen LogP contribution is -2.47. The van der Waals surface area contributed by atoms with Crippen LogP contribution in [0.2, 0.25) is 0 Å². The lowest BCUT2D eigenvalue weighted by Gasteiger charge is -2.34. The summed E-state index contributed by atoms with van der Waals surface area (Å²) in [6, 6.07) is 4.74. The highest BCUT2D eigenvalue weighted by Crippen LogP contribution is 2.37. The molecule has 1 amide bonds. The summed E-state index contributed by atoms with van der Waals surface area (Å²) in [7, 11) is -2.24. The number of benzene rings is 1. The number of carbonyl (C=O) groups excluding carboxylic acids is 1. The first kappa shape index (κ1) is 26.1. The number of aromatic nitrogens is 1. The van der Waals surface area contributed by atoms with E-state index in [4.69, 9.17) is 0 Å². The smallest absolute Gasteiger partial charge is 0.256 e. The highest BCUT2D eigenvalue weighted by molar-refractivity contribution is 7.89. The van der Waals surface area contributed by atoms with E-state index in [1.54, 1.807) is 12.1 Å². The topological polar surface area (TPSA) is 118 Å². The number of rotatable bonds is 9. The Morgan fingerprint density at radius 2 is 1.81 bits per heavy atom. The molecule has 0 saturated carbocycles. The Hall–Kier alpha value is -2.50. The van der Waals surface area contributed by atoms with E-state index in [1.807, 2.05) is 6.08 Å². The van der Waals surface area contributed by atoms with Crippen molar-refractivity contribution in [1.82, 2.24) is 19.5 Å². The highest BCUT2D eigenvalue weighted by Gasteiger charge is 2.28. The van der Waals surface area contributed by atoms with Crippen molar-refractivity contribution in [1.29, 1.82) is 0 Å². The number of aromatic amines is 1. The minimum Gasteiger partial charge on any atom is -0.395 e. The summed E-state index contributed by atoms with van der Waals surface area (Å²) in [6.45, 7) is 6.03. The van der Waals surface area contributed by atoms with E-state index in [0.717, 1.165) is 77.1 Å². The number of nitrogens with zero attached hydrogens (tertiary/aromatic N) is 2. The molecule has 2 aromatic rings. The van der Waals surface area contributed by atoms with Crippen LogP contribution in [0.1, 0.15) is 47.3 Å². The van der Waals surface area contributed by atoms with Gasteiger partial charge in [-0.25, -0.2) is 13.1 Å². The van der Waals surface area contributed by atoms with Gasteiger partial charge >= 0.3 is 0 Å². The molecule has 0 spiro atoms. The molecule has 1 aromatic heterocycles. The van der Waals surface area contributed by atoms with Gasteiger partial charge in [0.2, 0.25) is 10.0 Å². The third kappa shape index (κ3) is 5.53. The van der Waals surface area contributed by atoms with E-state index in [2.05, 4.69) is 24.8 Å². The summed E-state index contributed by atoms with van der Waals surface area (Å²) >= 11 is 0. The number of aliphatic hydroxyl groups excluding tert-OH is 1. The van der Waals surface area contributed by atoms with Crippen LogP contribution < -0.4 is 10.0 Å². The van der Waals surface area contributed by atoms with Gasteiger partial charge in [-0.05, 0) is 87.5 Å². The number of aryl methyl sites for hydroxylation is 1. The van der Waals surface area contributed by atoms with Gasteiger partial charge in [-0.3, -0.25) is 9.69 Å². The SMILES string of the molecule is CNS(=O)(=O)c1ccc2c(c1)/C(=C\c1[nH]c3c(c1CCCN1CCN(CCO)CC1)CCCC3)C(=O)N2. The number of β-amino-alcohol motifs (C(OH)–C–C–N with tert-alkyl or cyclic N) is 1. The van der Waals surface area contributed by atoms with Gasteiger partial charge in [0.25, 0.3) is 5.91 Å². The van der Waals surface area contributed by atoms with Crippen molar-refractivity contribution in [3.05, 3.63) is 46.3 Å². The fourth-order valence-electron chi connectivity index (χ4n) is 5.78. The highest BCUT2D eigenvalue weighted by atomic mass is 32.2. The van der Waals surface area contributed by atoms with Crippen LogP contribution in [0, 0.1) is 0 Å². The predicted octanol–water partition coefficient (Wildman–Crippen LogP) is 1.84. The van der Waals surface area contributed by atoms with Gasteiger partial charge in [-0.2, -0.15) is 0 Å². The number of fused-ring (bicyclic) bond motifs is 2. The van der Waals surface area contributed by atoms with Crippen molar-refractivity contribution in [2.75, 3.05) is 58.2 Å². The molecule has 3 aliphatic rings. The lowest BCUT2D eigenvalue weighted by molar-refractivity contribution is -0.110. The second-order valence-electron chi connectivity index (χ2n) is 10.1. The molecule has 1 aromatic carbocycles. The quantitative estimate of drug-likeness (QED) is 0.370. The predicted molar refractivity (Wildman–Crippen MR) is 145 cm³/mol. The Labute approximate surface area is 219 Å². The normalized spacial score (nSPS) is 19.7. The van der Waals surface area contributed by atoms with Crippen molar-refractivity contribution in [2.24, 2.45) is 0 Å². The minimum absolute atomic E-state index is 0.140. The first-order chi connectivity index (χ1) is 17.9. The Morgan fingerprint density at radius 3 is 2.54 bits per heavy atom. The van der Waals surface area contributed by atoms with Gasteiger partial charge in [0.15, 0.2) is 0 Å². The fraction of sp³-hybridized carbons (Fsp3) is 0.519. The number of H-pyrrole nitrogens is 1. The fourth-order valence-corrected chi connectivity index (χ4v) is 6.54. The van der Waals surface area contributed by atoms with E-state index in [0.29, 0.717) is 16.8 Å². The molecule has 2 aliphatic heterocycles. The maximum atomic E-state index is 12.9. The molecule has 5 rings (SSSR count). The summed E-state index contributed by atoms with van der Waals surface area (Å²) < 4.78 is 27.1. The van der Waals surface area contributed by atoms with Crippen molar-refractivity contribution >= 4 is 33.3 Å². The van der Waals surface area contributed by atoms with Gasteiger partial charge in [0.05, 0.1) is 17.1 Å². The number of piperazine rings is 1. The van der Waals surface area contributed by atoms with E-state index < -0.39 is 10.0 Å². The minimum atomic E-state index is -3.62. The van der Waals surface area contributed by atoms with Gasteiger partial charge < -0.3 is 20.3 Å². The Bertz CT molecular complexity index is 1290. The van der Waals surface area contributed by atoms with E-state index in [1.165, 1.54) is 36.4 Å². The van der Waals surface area contributed by atoms with Crippen molar-refractivity contribution < 1.29 is 18.3 Å². The molecule has 0 radical (unpaired) electrons. The number of anilines is 1. The zero-order valence-corrected chi connectivity index (χ0v) is 22.3. The first-order valence-corrected chi connectivity index (χ1v) is 14.8. The second kappa shape index (κ2) is 11.1. The van der Waals surface area contributed by atoms with E-state index in [9.17, 15) is 18.3 Å². The van der Waals surface area contributed by atoms with E-state index >= 15 is 0 Å². The summed E-state index contributed by atoms with van der Waals surface area (Å²) in [4.78, 5) is 21.5. The Morgan fingerprint density at radius 1 is 1.08 bits per heavy atom. The van der Waals surface area contributed by atoms with Crippen LogP contribution in [0.25, 0.3) is 11.6 Å². The Balaban J connectivity index is 1.38. The molecule has 9 nitrogen and oxygen atoms in total. The van der Waals surface area contributed by atoms with Gasteiger partial charge in [0.1, 0.15) is 0 Å². The standard InChI is InChI=1S/C27H37N5O4S/c1-28-37(35,36)19-8-9-25-22(17-19)23(27(34)30-25)18-26-21(20-5-2-3-7-24(20)29-26)6-4-10-31-11-13-32(14-12-31)15-16-33/h8-9,17-18,28-29,33H,2-7,10-16H2,1H3,(H,30,34)/b23-18+. The first-order valence-electron chi connectivity index (χ1n) is 13.3. The molecule has 4 N–H and O–H groups in total. The van der Waals surface area contributed by atoms with Crippen LogP contribution in [0.3, 0.4) is 0 Å². The summed E-state index contributed by atoms with van der Waals surface area (Å²) in [5.74, 6) is -0.215. The molecule has 1 aliphatic carbocycles. The number of sulfonamides is 1. The average Bonchev–Trinajstić information content (AvgIpc) is 3.41. The number of amides is 1. The van der Waals surface area contributed by atoms with Crippen LogP contribution in [0.4, 0.5) is 5.69 Å². The molecule has 1 fully saturated rings. The monoisotopic (exact) mass is 527 g/mol. The van der Waals surface area contributed by atoms with Crippen LogP contribution in [0.5, 0.6) is 0 Å². The maximum Gasteiger partial charge on any atom is 0.256 e. The molecule has 0 unspecified atom stereocenters. The van der Waals surface area contributed by atoms with Gasteiger partial charge in [-0.1, -0.05) is 0 Å². The van der Waals surface area contributed by atoms with Gasteiger partial charge in [0, 0.05) is 55.4 Å². The van der Waals surface area contributed by atoms with E-state index in [-0.39, 0.29) is 17.4 Å². The summed E-state index contributed by atoms with van der Waals surface area (Å²) in [6.07, 6.45) is 8.30. The zero-order chi connectivity index (χ0) is 26.0. The van der Waals surface area contributed by atoms with Gasteiger partial charge in [-0.15, -0.1) is 0 Å². The third-order valence-corrected chi connectivity index (χ3v) is 9.28. The molecule has 3 heterocycles. The van der Waals surface area contributed by atoms with Crippen LogP contribution in [-0.4, -0.2) is 87.1 Å². The number of carbonyl (C=O) groups is 1. The second-order valence-corrected chi connectivity index (χ2v) is 12.0. The number of nitrogens with one attached hydrogen (secondary N) is 3. The maximum absolute atomic E-state index is 12.9. The number of aliphatic hydroxyl groups is 1. The third-order valence-electron chi connectivity index (χ3n) is 7.87. The molecule has 0 atom stereocenters. The average molecular weight is 528 g/mol. The molecule has 10 heteroatoms. The molecular formula is C27H37N5O4S. The van der Waals surface area contributed by atoms with Crippen LogP contribution in [0.15, 0.2) is 23.1 Å². The molecule has 200 valence electrons.